The Labute approximate surface area is 170 Å². The Bertz CT molecular complexity index is 725. The number of nitrogens with zero attached hydrogens (tertiary/aromatic N) is 3. The van der Waals surface area contributed by atoms with Crippen molar-refractivity contribution >= 4 is 17.6 Å². The van der Waals surface area contributed by atoms with Crippen LogP contribution in [0.5, 0.6) is 0 Å². The van der Waals surface area contributed by atoms with Gasteiger partial charge in [0.1, 0.15) is 0 Å². The van der Waals surface area contributed by atoms with Gasteiger partial charge in [-0.2, -0.15) is 13.2 Å². The number of nitrogens with one attached hydrogen (secondary N) is 2. The molecule has 2 rings (SSSR count). The number of rotatable bonds is 5. The summed E-state index contributed by atoms with van der Waals surface area (Å²) >= 11 is 0. The van der Waals surface area contributed by atoms with Crippen LogP contribution in [0.25, 0.3) is 0 Å². The number of alkyl halides is 3. The largest absolute Gasteiger partial charge is 0.416 e. The highest BCUT2D eigenvalue weighted by atomic mass is 19.4. The van der Waals surface area contributed by atoms with E-state index in [1.54, 1.807) is 13.1 Å². The van der Waals surface area contributed by atoms with Crippen LogP contribution in [-0.2, 0) is 11.0 Å². The van der Waals surface area contributed by atoms with Crippen molar-refractivity contribution in [1.82, 2.24) is 15.5 Å². The maximum absolute atomic E-state index is 13.0. The lowest BCUT2D eigenvalue weighted by molar-refractivity contribution is -0.137. The molecule has 1 aromatic carbocycles. The van der Waals surface area contributed by atoms with Gasteiger partial charge in [0.05, 0.1) is 11.0 Å². The third-order valence-corrected chi connectivity index (χ3v) is 4.97. The Balaban J connectivity index is 1.95. The second-order valence-corrected chi connectivity index (χ2v) is 7.67. The highest BCUT2D eigenvalue weighted by Gasteiger charge is 2.31. The van der Waals surface area contributed by atoms with Gasteiger partial charge in [-0.3, -0.25) is 9.79 Å². The van der Waals surface area contributed by atoms with Gasteiger partial charge in [-0.1, -0.05) is 6.07 Å². The van der Waals surface area contributed by atoms with Crippen LogP contribution in [0.2, 0.25) is 0 Å². The van der Waals surface area contributed by atoms with Crippen molar-refractivity contribution in [3.63, 3.8) is 0 Å². The van der Waals surface area contributed by atoms with Gasteiger partial charge in [0.15, 0.2) is 5.96 Å². The number of piperazine rings is 1. The molecule has 0 radical (unpaired) electrons. The summed E-state index contributed by atoms with van der Waals surface area (Å²) in [4.78, 5) is 20.4. The maximum Gasteiger partial charge on any atom is 0.416 e. The molecule has 0 bridgehead atoms. The SMILES string of the molecule is CCNC(=O)C(C)(C)CNC(=NC)N1CCN(c2cccc(C(F)(F)F)c2)CC1. The molecule has 1 fully saturated rings. The van der Waals surface area contributed by atoms with Crippen molar-refractivity contribution in [2.45, 2.75) is 26.9 Å². The first-order chi connectivity index (χ1) is 13.6. The van der Waals surface area contributed by atoms with E-state index in [0.29, 0.717) is 50.9 Å². The molecule has 0 spiro atoms. The summed E-state index contributed by atoms with van der Waals surface area (Å²) in [6.45, 7) is 9.03. The molecule has 1 aromatic rings. The Kier molecular flexibility index (Phi) is 7.37. The number of aliphatic imine (C=N–C) groups is 1. The lowest BCUT2D eigenvalue weighted by atomic mass is 9.92. The van der Waals surface area contributed by atoms with Gasteiger partial charge in [-0.15, -0.1) is 0 Å². The number of hydrogen-bond acceptors (Lipinski definition) is 3. The quantitative estimate of drug-likeness (QED) is 0.576. The van der Waals surface area contributed by atoms with Crippen molar-refractivity contribution in [3.05, 3.63) is 29.8 Å². The first kappa shape index (κ1) is 22.8. The van der Waals surface area contributed by atoms with Gasteiger partial charge in [0.2, 0.25) is 5.91 Å². The first-order valence-corrected chi connectivity index (χ1v) is 9.74. The number of halogens is 3. The summed E-state index contributed by atoms with van der Waals surface area (Å²) in [5.41, 5.74) is -0.659. The van der Waals surface area contributed by atoms with E-state index in [1.807, 2.05) is 25.7 Å². The summed E-state index contributed by atoms with van der Waals surface area (Å²) < 4.78 is 38.9. The van der Waals surface area contributed by atoms with Gasteiger partial charge in [0, 0.05) is 52.0 Å². The smallest absolute Gasteiger partial charge is 0.368 e. The summed E-state index contributed by atoms with van der Waals surface area (Å²) in [6, 6.07) is 5.42. The van der Waals surface area contributed by atoms with E-state index in [-0.39, 0.29) is 5.91 Å². The van der Waals surface area contributed by atoms with Crippen molar-refractivity contribution in [2.75, 3.05) is 51.2 Å². The average Bonchev–Trinajstić information content (AvgIpc) is 2.68. The van der Waals surface area contributed by atoms with Gasteiger partial charge in [-0.05, 0) is 39.0 Å². The average molecular weight is 413 g/mol. The van der Waals surface area contributed by atoms with E-state index in [2.05, 4.69) is 20.5 Å². The Hall–Kier alpha value is -2.45. The topological polar surface area (TPSA) is 60.0 Å². The third kappa shape index (κ3) is 6.01. The molecule has 1 aliphatic heterocycles. The third-order valence-electron chi connectivity index (χ3n) is 4.97. The predicted molar refractivity (Wildman–Crippen MR) is 109 cm³/mol. The molecule has 0 aliphatic carbocycles. The minimum absolute atomic E-state index is 0.0303. The minimum atomic E-state index is -4.35. The van der Waals surface area contributed by atoms with Crippen LogP contribution in [0.4, 0.5) is 18.9 Å². The molecule has 2 N–H and O–H groups in total. The second kappa shape index (κ2) is 9.37. The Morgan fingerprint density at radius 3 is 2.34 bits per heavy atom. The van der Waals surface area contributed by atoms with Crippen LogP contribution in [0.15, 0.2) is 29.3 Å². The zero-order chi connectivity index (χ0) is 21.7. The zero-order valence-electron chi connectivity index (χ0n) is 17.4. The molecule has 1 aliphatic rings. The molecule has 0 unspecified atom stereocenters. The molecule has 9 heteroatoms. The van der Waals surface area contributed by atoms with E-state index in [0.717, 1.165) is 6.07 Å². The summed E-state index contributed by atoms with van der Waals surface area (Å²) in [7, 11) is 1.68. The van der Waals surface area contributed by atoms with Crippen LogP contribution in [0, 0.1) is 5.41 Å². The van der Waals surface area contributed by atoms with Crippen molar-refractivity contribution < 1.29 is 18.0 Å². The minimum Gasteiger partial charge on any atom is -0.368 e. The van der Waals surface area contributed by atoms with Gasteiger partial charge >= 0.3 is 6.18 Å². The number of anilines is 1. The first-order valence-electron chi connectivity index (χ1n) is 9.74. The molecule has 1 amide bonds. The van der Waals surface area contributed by atoms with Gasteiger partial charge in [-0.25, -0.2) is 0 Å². The van der Waals surface area contributed by atoms with Crippen LogP contribution in [0.1, 0.15) is 26.3 Å². The van der Waals surface area contributed by atoms with Crippen LogP contribution in [-0.4, -0.2) is 63.1 Å². The maximum atomic E-state index is 13.0. The van der Waals surface area contributed by atoms with E-state index in [4.69, 9.17) is 0 Å². The number of hydrogen-bond donors (Lipinski definition) is 2. The normalized spacial score (nSPS) is 16.0. The summed E-state index contributed by atoms with van der Waals surface area (Å²) in [6.07, 6.45) is -4.35. The molecule has 0 saturated carbocycles. The van der Waals surface area contributed by atoms with Crippen LogP contribution in [0.3, 0.4) is 0 Å². The fourth-order valence-corrected chi connectivity index (χ4v) is 3.17. The molecule has 1 heterocycles. The van der Waals surface area contributed by atoms with E-state index in [1.165, 1.54) is 12.1 Å². The molecule has 6 nitrogen and oxygen atoms in total. The summed E-state index contributed by atoms with van der Waals surface area (Å²) in [5.74, 6) is 0.656. The predicted octanol–water partition coefficient (Wildman–Crippen LogP) is 2.57. The number of benzene rings is 1. The lowest BCUT2D eigenvalue weighted by Crippen LogP contribution is -2.54. The van der Waals surface area contributed by atoms with E-state index < -0.39 is 17.2 Å². The Morgan fingerprint density at radius 2 is 1.79 bits per heavy atom. The van der Waals surface area contributed by atoms with Gasteiger partial charge in [0.25, 0.3) is 0 Å². The molecule has 162 valence electrons. The van der Waals surface area contributed by atoms with Crippen molar-refractivity contribution in [1.29, 1.82) is 0 Å². The fourth-order valence-electron chi connectivity index (χ4n) is 3.17. The molecular weight excluding hydrogens is 383 g/mol. The van der Waals surface area contributed by atoms with Crippen LogP contribution >= 0.6 is 0 Å². The fraction of sp³-hybridized carbons (Fsp3) is 0.600. The standard InChI is InChI=1S/C20H30F3N5O/c1-5-25-17(29)19(2,3)14-26-18(24-4)28-11-9-27(10-12-28)16-8-6-7-15(13-16)20(21,22)23/h6-8,13H,5,9-12,14H2,1-4H3,(H,24,26)(H,25,29). The van der Waals surface area contributed by atoms with Crippen molar-refractivity contribution in [2.24, 2.45) is 10.4 Å². The second-order valence-electron chi connectivity index (χ2n) is 7.67. The number of carbonyl (C=O) groups excluding carboxylic acids is 1. The zero-order valence-corrected chi connectivity index (χ0v) is 17.4. The molecule has 29 heavy (non-hydrogen) atoms. The number of amides is 1. The highest BCUT2D eigenvalue weighted by molar-refractivity contribution is 5.84. The molecule has 0 aromatic heterocycles. The lowest BCUT2D eigenvalue weighted by Gasteiger charge is -2.38. The van der Waals surface area contributed by atoms with E-state index >= 15 is 0 Å². The van der Waals surface area contributed by atoms with Gasteiger partial charge < -0.3 is 20.4 Å². The molecule has 0 atom stereocenters. The van der Waals surface area contributed by atoms with E-state index in [9.17, 15) is 18.0 Å². The number of guanidine groups is 1. The summed E-state index contributed by atoms with van der Waals surface area (Å²) in [5, 5.41) is 6.08. The monoisotopic (exact) mass is 413 g/mol. The Morgan fingerprint density at radius 1 is 1.14 bits per heavy atom. The van der Waals surface area contributed by atoms with Crippen molar-refractivity contribution in [3.8, 4) is 0 Å². The highest BCUT2D eigenvalue weighted by Crippen LogP contribution is 2.31. The van der Waals surface area contributed by atoms with Crippen LogP contribution < -0.4 is 15.5 Å². The molecule has 1 saturated heterocycles. The number of carbonyl (C=O) groups is 1. The molecular formula is C20H30F3N5O.